The van der Waals surface area contributed by atoms with E-state index in [-0.39, 0.29) is 11.9 Å². The molecule has 1 atom stereocenters. The third-order valence-corrected chi connectivity index (χ3v) is 2.21. The van der Waals surface area contributed by atoms with Crippen LogP contribution in [0.2, 0.25) is 0 Å². The molecule has 0 saturated carbocycles. The van der Waals surface area contributed by atoms with Crippen molar-refractivity contribution in [3.05, 3.63) is 30.7 Å². The summed E-state index contributed by atoms with van der Waals surface area (Å²) >= 11 is 0. The molecule has 1 rings (SSSR count). The van der Waals surface area contributed by atoms with Crippen molar-refractivity contribution in [2.75, 3.05) is 6.61 Å². The quantitative estimate of drug-likeness (QED) is 0.580. The molecule has 0 spiro atoms. The van der Waals surface area contributed by atoms with Crippen molar-refractivity contribution in [2.45, 2.75) is 33.1 Å². The molecule has 0 N–H and O–H groups in total. The first-order chi connectivity index (χ1) is 8.02. The van der Waals surface area contributed by atoms with Crippen molar-refractivity contribution >= 4 is 5.97 Å². The minimum atomic E-state index is -0.333. The maximum atomic E-state index is 10.9. The number of ether oxygens (including phenoxy) is 2. The Morgan fingerprint density at radius 3 is 2.53 bits per heavy atom. The molecule has 0 heterocycles. The third-order valence-electron chi connectivity index (χ3n) is 2.21. The summed E-state index contributed by atoms with van der Waals surface area (Å²) in [5, 5.41) is 0. The van der Waals surface area contributed by atoms with Crippen LogP contribution in [-0.4, -0.2) is 12.6 Å². The first-order valence-electron chi connectivity index (χ1n) is 5.82. The van der Waals surface area contributed by atoms with E-state index in [1.54, 1.807) is 6.07 Å². The number of rotatable bonds is 5. The zero-order valence-electron chi connectivity index (χ0n) is 10.7. The Labute approximate surface area is 103 Å². The molecule has 3 nitrogen and oxygen atoms in total. The summed E-state index contributed by atoms with van der Waals surface area (Å²) in [5.41, 5.74) is 0.995. The Morgan fingerprint density at radius 1 is 1.35 bits per heavy atom. The second kappa shape index (κ2) is 6.28. The number of carbonyl (C=O) groups excluding carboxylic acids is 1. The molecule has 1 aromatic carbocycles. The van der Waals surface area contributed by atoms with Gasteiger partial charge in [0.25, 0.3) is 0 Å². The van der Waals surface area contributed by atoms with Gasteiger partial charge in [-0.15, -0.1) is 0 Å². The van der Waals surface area contributed by atoms with Crippen LogP contribution in [0, 0.1) is 6.92 Å². The second-order valence-electron chi connectivity index (χ2n) is 4.08. The van der Waals surface area contributed by atoms with E-state index < -0.39 is 0 Å². The Bertz CT molecular complexity index is 383. The fraction of sp³-hybridized carbons (Fsp3) is 0.429. The number of esters is 1. The maximum Gasteiger partial charge on any atom is 0.308 e. The zero-order valence-corrected chi connectivity index (χ0v) is 10.7. The van der Waals surface area contributed by atoms with Gasteiger partial charge in [0.1, 0.15) is 11.5 Å². The lowest BCUT2D eigenvalue weighted by atomic mass is 10.0. The van der Waals surface area contributed by atoms with Crippen molar-refractivity contribution in [3.63, 3.8) is 0 Å². The van der Waals surface area contributed by atoms with Crippen LogP contribution in [0.25, 0.3) is 0 Å². The molecule has 1 radical (unpaired) electrons. The Morgan fingerprint density at radius 2 is 2.00 bits per heavy atom. The van der Waals surface area contributed by atoms with E-state index in [0.717, 1.165) is 17.7 Å². The summed E-state index contributed by atoms with van der Waals surface area (Å²) in [6.45, 7) is 10.0. The van der Waals surface area contributed by atoms with Crippen LogP contribution in [0.15, 0.2) is 18.2 Å². The van der Waals surface area contributed by atoms with Gasteiger partial charge >= 0.3 is 5.97 Å². The van der Waals surface area contributed by atoms with Crippen LogP contribution in [-0.2, 0) is 4.79 Å². The Kier molecular flexibility index (Phi) is 5.01. The zero-order chi connectivity index (χ0) is 12.8. The van der Waals surface area contributed by atoms with Gasteiger partial charge in [0.05, 0.1) is 6.61 Å². The molecule has 0 amide bonds. The topological polar surface area (TPSA) is 35.5 Å². The summed E-state index contributed by atoms with van der Waals surface area (Å²) in [6.07, 6.45) is 0.938. The summed E-state index contributed by atoms with van der Waals surface area (Å²) < 4.78 is 10.6. The lowest BCUT2D eigenvalue weighted by Gasteiger charge is -2.12. The van der Waals surface area contributed by atoms with Crippen LogP contribution in [0.3, 0.4) is 0 Å². The average Bonchev–Trinajstić information content (AvgIpc) is 2.25. The molecule has 0 saturated heterocycles. The fourth-order valence-electron chi connectivity index (χ4n) is 1.41. The predicted molar refractivity (Wildman–Crippen MR) is 67.3 cm³/mol. The summed E-state index contributed by atoms with van der Waals surface area (Å²) in [7, 11) is 0. The molecular weight excluding hydrogens is 216 g/mol. The van der Waals surface area contributed by atoms with Crippen molar-refractivity contribution in [1.29, 1.82) is 0 Å². The van der Waals surface area contributed by atoms with E-state index in [1.165, 1.54) is 6.92 Å². The molecule has 1 aromatic rings. The lowest BCUT2D eigenvalue weighted by Crippen LogP contribution is -2.03. The molecule has 0 aliphatic carbocycles. The van der Waals surface area contributed by atoms with Gasteiger partial charge in [0.15, 0.2) is 0 Å². The van der Waals surface area contributed by atoms with E-state index in [1.807, 2.05) is 26.0 Å². The monoisotopic (exact) mass is 235 g/mol. The van der Waals surface area contributed by atoms with Gasteiger partial charge in [-0.2, -0.15) is 0 Å². The van der Waals surface area contributed by atoms with Crippen molar-refractivity contribution in [2.24, 2.45) is 0 Å². The molecule has 0 aromatic heterocycles. The number of hydrogen-bond acceptors (Lipinski definition) is 3. The van der Waals surface area contributed by atoms with E-state index >= 15 is 0 Å². The highest BCUT2D eigenvalue weighted by atomic mass is 16.5. The van der Waals surface area contributed by atoms with Crippen molar-refractivity contribution in [3.8, 4) is 11.5 Å². The third kappa shape index (κ3) is 4.47. The Hall–Kier alpha value is -1.51. The van der Waals surface area contributed by atoms with Gasteiger partial charge in [0, 0.05) is 13.0 Å². The summed E-state index contributed by atoms with van der Waals surface area (Å²) in [5.74, 6) is 1.02. The summed E-state index contributed by atoms with van der Waals surface area (Å²) in [4.78, 5) is 10.9. The normalized spacial score (nSPS) is 10.4. The van der Waals surface area contributed by atoms with Crippen LogP contribution in [0.4, 0.5) is 0 Å². The van der Waals surface area contributed by atoms with Crippen LogP contribution in [0.5, 0.6) is 11.5 Å². The highest BCUT2D eigenvalue weighted by molar-refractivity contribution is 5.69. The highest BCUT2D eigenvalue weighted by Crippen LogP contribution is 2.27. The maximum absolute atomic E-state index is 10.9. The van der Waals surface area contributed by atoms with Gasteiger partial charge in [-0.25, -0.2) is 0 Å². The van der Waals surface area contributed by atoms with Crippen molar-refractivity contribution in [1.82, 2.24) is 0 Å². The van der Waals surface area contributed by atoms with Gasteiger partial charge in [-0.3, -0.25) is 4.79 Å². The van der Waals surface area contributed by atoms with Gasteiger partial charge in [-0.05, 0) is 37.0 Å². The summed E-state index contributed by atoms with van der Waals surface area (Å²) in [6, 6.07) is 5.47. The molecular formula is C14H19O3. The molecule has 0 bridgehead atoms. The molecule has 3 heteroatoms. The van der Waals surface area contributed by atoms with Crippen LogP contribution < -0.4 is 9.47 Å². The van der Waals surface area contributed by atoms with Crippen LogP contribution in [0.1, 0.15) is 38.7 Å². The largest absolute Gasteiger partial charge is 0.493 e. The molecule has 17 heavy (non-hydrogen) atoms. The highest BCUT2D eigenvalue weighted by Gasteiger charge is 2.07. The van der Waals surface area contributed by atoms with Gasteiger partial charge in [-0.1, -0.05) is 13.8 Å². The fourth-order valence-corrected chi connectivity index (χ4v) is 1.41. The lowest BCUT2D eigenvalue weighted by molar-refractivity contribution is -0.131. The van der Waals surface area contributed by atoms with E-state index in [2.05, 4.69) is 6.92 Å². The number of hydrogen-bond donors (Lipinski definition) is 0. The number of benzene rings is 1. The molecule has 0 aliphatic heterocycles. The van der Waals surface area contributed by atoms with E-state index in [0.29, 0.717) is 12.4 Å². The number of carbonyl (C=O) groups is 1. The second-order valence-corrected chi connectivity index (χ2v) is 4.08. The minimum absolute atomic E-state index is 0.120. The standard InChI is InChI=1S/C14H19O3/c1-5-6-16-13-7-12(10(2)3)8-14(9-13)17-11(4)15/h7-10H,2,5-6H2,1,3-4H3. The smallest absolute Gasteiger partial charge is 0.308 e. The van der Waals surface area contributed by atoms with E-state index in [4.69, 9.17) is 9.47 Å². The molecule has 0 aliphatic rings. The van der Waals surface area contributed by atoms with Gasteiger partial charge < -0.3 is 9.47 Å². The average molecular weight is 235 g/mol. The first kappa shape index (κ1) is 13.6. The molecule has 1 unspecified atom stereocenters. The Balaban J connectivity index is 2.96. The minimum Gasteiger partial charge on any atom is -0.493 e. The predicted octanol–water partition coefficient (Wildman–Crippen LogP) is 3.34. The van der Waals surface area contributed by atoms with Crippen LogP contribution >= 0.6 is 0 Å². The van der Waals surface area contributed by atoms with Crippen molar-refractivity contribution < 1.29 is 14.3 Å². The van der Waals surface area contributed by atoms with Gasteiger partial charge in [0.2, 0.25) is 0 Å². The first-order valence-corrected chi connectivity index (χ1v) is 5.82. The van der Waals surface area contributed by atoms with E-state index in [9.17, 15) is 4.79 Å². The SMILES string of the molecule is [CH2]C(C)c1cc(OCCC)cc(OC(C)=O)c1. The molecule has 0 fully saturated rings. The molecule has 93 valence electrons.